The van der Waals surface area contributed by atoms with Gasteiger partial charge in [0.25, 0.3) is 0 Å². The first-order valence-corrected chi connectivity index (χ1v) is 13.7. The molecule has 0 aromatic heterocycles. The van der Waals surface area contributed by atoms with Crippen LogP contribution in [0.5, 0.6) is 0 Å². The molecule has 0 aliphatic carbocycles. The van der Waals surface area contributed by atoms with E-state index in [1.807, 2.05) is 27.7 Å². The minimum atomic E-state index is -0.538. The Kier molecular flexibility index (Phi) is 33.1. The summed E-state index contributed by atoms with van der Waals surface area (Å²) in [6.07, 6.45) is 10.7. The van der Waals surface area contributed by atoms with Crippen LogP contribution in [0.3, 0.4) is 0 Å². The zero-order chi connectivity index (χ0) is 27.0. The molecule has 212 valence electrons. The van der Waals surface area contributed by atoms with Crippen molar-refractivity contribution in [1.29, 1.82) is 0 Å². The summed E-state index contributed by atoms with van der Waals surface area (Å²) in [5.41, 5.74) is 0. The van der Waals surface area contributed by atoms with Gasteiger partial charge < -0.3 is 19.4 Å². The van der Waals surface area contributed by atoms with E-state index in [9.17, 15) is 19.2 Å². The molecule has 0 amide bonds. The van der Waals surface area contributed by atoms with Crippen LogP contribution in [-0.2, 0) is 38.5 Å². The summed E-state index contributed by atoms with van der Waals surface area (Å²) >= 11 is 0. The van der Waals surface area contributed by atoms with Crippen LogP contribution in [0.15, 0.2) is 0 Å². The zero-order valence-corrected chi connectivity index (χ0v) is 28.9. The molecule has 0 unspecified atom stereocenters. The Labute approximate surface area is 273 Å². The maximum atomic E-state index is 12.2. The minimum Gasteiger partial charge on any atom is -0.333 e. The summed E-state index contributed by atoms with van der Waals surface area (Å²) < 4.78 is 0. The number of unbranched alkanes of at least 4 members (excludes halogenated alkanes) is 8. The summed E-state index contributed by atoms with van der Waals surface area (Å²) in [6, 6.07) is 0. The van der Waals surface area contributed by atoms with Gasteiger partial charge in [-0.15, -0.1) is 0 Å². The Balaban J connectivity index is -0.00000612. The van der Waals surface area contributed by atoms with Crippen LogP contribution in [0.4, 0.5) is 0 Å². The molecule has 0 N–H and O–H groups in total. The van der Waals surface area contributed by atoms with Crippen LogP contribution >= 0.6 is 0 Å². The van der Waals surface area contributed by atoms with Crippen LogP contribution in [0, 0.1) is 0 Å². The molecular formula is C26H48N2Na2O8. The van der Waals surface area contributed by atoms with Gasteiger partial charge >= 0.3 is 23.9 Å². The van der Waals surface area contributed by atoms with Crippen LogP contribution in [0.1, 0.15) is 130 Å². The van der Waals surface area contributed by atoms with E-state index in [0.717, 1.165) is 61.8 Å². The van der Waals surface area contributed by atoms with Gasteiger partial charge in [0.2, 0.25) is 0 Å². The van der Waals surface area contributed by atoms with E-state index >= 15 is 0 Å². The molecule has 0 saturated heterocycles. The SMILES string of the molecule is CCCCCC(=O)ON(CCN(OC(=O)CCCCC)OC(=O)CCCCC)OC(=O)CCCCC.[Na].[Na]. The van der Waals surface area contributed by atoms with Gasteiger partial charge in [-0.2, -0.15) is 0 Å². The summed E-state index contributed by atoms with van der Waals surface area (Å²) in [5, 5.41) is 1.57. The smallest absolute Gasteiger partial charge is 0.329 e. The van der Waals surface area contributed by atoms with E-state index in [0.29, 0.717) is 25.7 Å². The van der Waals surface area contributed by atoms with Crippen molar-refractivity contribution in [3.05, 3.63) is 0 Å². The number of hydrogen-bond acceptors (Lipinski definition) is 10. The topological polar surface area (TPSA) is 112 Å². The summed E-state index contributed by atoms with van der Waals surface area (Å²) in [5.74, 6) is -2.15. The van der Waals surface area contributed by atoms with E-state index < -0.39 is 23.9 Å². The summed E-state index contributed by atoms with van der Waals surface area (Å²) in [4.78, 5) is 69.8. The van der Waals surface area contributed by atoms with Gasteiger partial charge in [-0.25, -0.2) is 0 Å². The van der Waals surface area contributed by atoms with Crippen molar-refractivity contribution in [3.63, 3.8) is 0 Å². The molecule has 38 heavy (non-hydrogen) atoms. The average molecular weight is 563 g/mol. The molecule has 0 aromatic carbocycles. The van der Waals surface area contributed by atoms with Gasteiger partial charge in [0, 0.05) is 95.3 Å². The maximum Gasteiger partial charge on any atom is 0.329 e. The molecule has 0 atom stereocenters. The van der Waals surface area contributed by atoms with E-state index in [4.69, 9.17) is 19.4 Å². The first kappa shape index (κ1) is 42.3. The monoisotopic (exact) mass is 562 g/mol. The molecule has 0 aliphatic rings. The van der Waals surface area contributed by atoms with Gasteiger partial charge in [0.15, 0.2) is 0 Å². The standard InChI is InChI=1S/C26H48N2O8.2Na/c1-5-9-13-17-23(29)33-27(34-24(30)18-14-10-6-2)21-22-28(35-25(31)19-15-11-7-3)36-26(32)20-16-12-8-4;;/h5-22H2,1-4H3;;. The average Bonchev–Trinajstić information content (AvgIpc) is 2.83. The number of hydrogen-bond donors (Lipinski definition) is 0. The van der Waals surface area contributed by atoms with Gasteiger partial charge in [-0.05, 0) is 25.7 Å². The Morgan fingerprint density at radius 2 is 0.632 bits per heavy atom. The Morgan fingerprint density at radius 1 is 0.421 bits per heavy atom. The van der Waals surface area contributed by atoms with Crippen LogP contribution in [0.2, 0.25) is 0 Å². The molecule has 0 heterocycles. The van der Waals surface area contributed by atoms with Crippen LogP contribution < -0.4 is 0 Å². The van der Waals surface area contributed by atoms with Gasteiger partial charge in [0.05, 0.1) is 13.1 Å². The number of rotatable bonds is 23. The number of nitrogens with zero attached hydrogens (tertiary/aromatic N) is 2. The number of hydroxylamine groups is 4. The second-order valence-electron chi connectivity index (χ2n) is 8.79. The third-order valence-corrected chi connectivity index (χ3v) is 5.22. The first-order valence-electron chi connectivity index (χ1n) is 13.7. The fraction of sp³-hybridized carbons (Fsp3) is 0.846. The second kappa shape index (κ2) is 29.8. The third-order valence-electron chi connectivity index (χ3n) is 5.22. The van der Waals surface area contributed by atoms with Crippen molar-refractivity contribution < 1.29 is 38.5 Å². The molecule has 0 aromatic rings. The van der Waals surface area contributed by atoms with Crippen LogP contribution in [-0.4, -0.2) is 107 Å². The third kappa shape index (κ3) is 26.0. The first-order chi connectivity index (χ1) is 17.4. The number of carbonyl (C=O) groups is 4. The van der Waals surface area contributed by atoms with Crippen molar-refractivity contribution in [2.75, 3.05) is 13.1 Å². The van der Waals surface area contributed by atoms with Gasteiger partial charge in [0.1, 0.15) is 0 Å². The van der Waals surface area contributed by atoms with Gasteiger partial charge in [-0.3, -0.25) is 19.2 Å². The van der Waals surface area contributed by atoms with E-state index in [1.54, 1.807) is 0 Å². The molecule has 0 bridgehead atoms. The number of carbonyl (C=O) groups excluding carboxylic acids is 4. The summed E-state index contributed by atoms with van der Waals surface area (Å²) in [6.45, 7) is 7.75. The zero-order valence-electron chi connectivity index (χ0n) is 24.9. The van der Waals surface area contributed by atoms with Crippen molar-refractivity contribution in [3.8, 4) is 0 Å². The molecule has 12 heteroatoms. The summed E-state index contributed by atoms with van der Waals surface area (Å²) in [7, 11) is 0. The maximum absolute atomic E-state index is 12.2. The molecular weight excluding hydrogens is 514 g/mol. The molecule has 2 radical (unpaired) electrons. The van der Waals surface area contributed by atoms with Crippen molar-refractivity contribution >= 4 is 83.0 Å². The molecule has 0 fully saturated rings. The molecule has 0 saturated carbocycles. The predicted octanol–water partition coefficient (Wildman–Crippen LogP) is 4.98. The van der Waals surface area contributed by atoms with Crippen LogP contribution in [0.25, 0.3) is 0 Å². The van der Waals surface area contributed by atoms with E-state index in [2.05, 4.69) is 0 Å². The Bertz CT molecular complexity index is 526. The van der Waals surface area contributed by atoms with Gasteiger partial charge in [-0.1, -0.05) is 79.1 Å². The predicted molar refractivity (Wildman–Crippen MR) is 146 cm³/mol. The largest absolute Gasteiger partial charge is 0.333 e. The van der Waals surface area contributed by atoms with E-state index in [-0.39, 0.29) is 97.9 Å². The second-order valence-corrected chi connectivity index (χ2v) is 8.79. The fourth-order valence-electron chi connectivity index (χ4n) is 3.10. The molecule has 0 aliphatic heterocycles. The van der Waals surface area contributed by atoms with E-state index in [1.165, 1.54) is 0 Å². The Hall–Kier alpha value is -0.200. The van der Waals surface area contributed by atoms with Crippen molar-refractivity contribution in [2.45, 2.75) is 130 Å². The van der Waals surface area contributed by atoms with Crippen molar-refractivity contribution in [1.82, 2.24) is 10.5 Å². The molecule has 0 rings (SSSR count). The fourth-order valence-corrected chi connectivity index (χ4v) is 3.10. The normalized spacial score (nSPS) is 10.4. The Morgan fingerprint density at radius 3 is 0.816 bits per heavy atom. The van der Waals surface area contributed by atoms with Crippen molar-refractivity contribution in [2.24, 2.45) is 0 Å². The molecule has 0 spiro atoms. The minimum absolute atomic E-state index is 0. The molecule has 10 nitrogen and oxygen atoms in total. The quantitative estimate of drug-likeness (QED) is 0.0960.